The molecule has 3 rings (SSSR count). The smallest absolute Gasteiger partial charge is 0.129 e. The molecule has 0 atom stereocenters. The van der Waals surface area contributed by atoms with Crippen molar-refractivity contribution < 1.29 is 10.2 Å². The fraction of sp³-hybridized carbons (Fsp3) is 0.733. The fourth-order valence-corrected chi connectivity index (χ4v) is 3.16. The highest BCUT2D eigenvalue weighted by molar-refractivity contribution is 5.37. The number of anilines is 1. The van der Waals surface area contributed by atoms with E-state index in [-0.39, 0.29) is 6.10 Å². The van der Waals surface area contributed by atoms with Gasteiger partial charge in [0, 0.05) is 24.2 Å². The first-order chi connectivity index (χ1) is 9.65. The molecule has 0 bridgehead atoms. The lowest BCUT2D eigenvalue weighted by Gasteiger charge is -2.33. The molecule has 20 heavy (non-hydrogen) atoms. The van der Waals surface area contributed by atoms with Crippen molar-refractivity contribution in [2.24, 2.45) is 0 Å². The molecule has 0 amide bonds. The number of aliphatic hydroxyl groups is 2. The zero-order valence-corrected chi connectivity index (χ0v) is 11.8. The van der Waals surface area contributed by atoms with E-state index in [1.807, 2.05) is 6.07 Å². The van der Waals surface area contributed by atoms with Gasteiger partial charge in [-0.2, -0.15) is 0 Å². The molecular formula is C15H23N3O2. The Labute approximate surface area is 119 Å². The highest BCUT2D eigenvalue weighted by Crippen LogP contribution is 2.36. The van der Waals surface area contributed by atoms with Crippen LogP contribution in [0.1, 0.15) is 56.6 Å². The summed E-state index contributed by atoms with van der Waals surface area (Å²) in [6.07, 6.45) is 8.15. The zero-order valence-electron chi connectivity index (χ0n) is 11.8. The predicted octanol–water partition coefficient (Wildman–Crippen LogP) is 1.82. The summed E-state index contributed by atoms with van der Waals surface area (Å²) in [4.78, 5) is 8.50. The second-order valence-corrected chi connectivity index (χ2v) is 6.29. The van der Waals surface area contributed by atoms with Gasteiger partial charge >= 0.3 is 0 Å². The lowest BCUT2D eigenvalue weighted by Crippen LogP contribution is -2.39. The number of rotatable bonds is 4. The maximum atomic E-state index is 10.5. The van der Waals surface area contributed by atoms with Crippen LogP contribution in [0.4, 0.5) is 5.82 Å². The van der Waals surface area contributed by atoms with Crippen molar-refractivity contribution in [2.75, 3.05) is 11.9 Å². The first-order valence-electron chi connectivity index (χ1n) is 7.61. The third-order valence-electron chi connectivity index (χ3n) is 4.60. The Morgan fingerprint density at radius 1 is 1.20 bits per heavy atom. The second-order valence-electron chi connectivity index (χ2n) is 6.29. The molecule has 5 nitrogen and oxygen atoms in total. The largest absolute Gasteiger partial charge is 0.393 e. The molecule has 2 aliphatic rings. The quantitative estimate of drug-likeness (QED) is 0.782. The average Bonchev–Trinajstić information content (AvgIpc) is 2.43. The van der Waals surface area contributed by atoms with Gasteiger partial charge in [0.25, 0.3) is 0 Å². The highest BCUT2D eigenvalue weighted by atomic mass is 16.3. The summed E-state index contributed by atoms with van der Waals surface area (Å²) in [5.41, 5.74) is 0.402. The minimum Gasteiger partial charge on any atom is -0.393 e. The fourth-order valence-electron chi connectivity index (χ4n) is 3.16. The molecule has 0 unspecified atom stereocenters. The maximum absolute atomic E-state index is 10.5. The van der Waals surface area contributed by atoms with Gasteiger partial charge < -0.3 is 15.5 Å². The molecule has 5 heteroatoms. The Balaban J connectivity index is 1.58. The van der Waals surface area contributed by atoms with E-state index in [2.05, 4.69) is 15.3 Å². The lowest BCUT2D eigenvalue weighted by atomic mass is 9.80. The molecule has 1 heterocycles. The summed E-state index contributed by atoms with van der Waals surface area (Å²) in [5, 5.41) is 23.1. The molecule has 2 saturated carbocycles. The van der Waals surface area contributed by atoms with E-state index in [0.717, 1.165) is 50.0 Å². The molecule has 110 valence electrons. The van der Waals surface area contributed by atoms with Crippen LogP contribution in [-0.2, 0) is 0 Å². The Morgan fingerprint density at radius 3 is 2.65 bits per heavy atom. The van der Waals surface area contributed by atoms with E-state index in [0.29, 0.717) is 12.5 Å². The minimum atomic E-state index is -0.587. The van der Waals surface area contributed by atoms with Crippen LogP contribution >= 0.6 is 0 Å². The van der Waals surface area contributed by atoms with Gasteiger partial charge in [-0.25, -0.2) is 9.97 Å². The summed E-state index contributed by atoms with van der Waals surface area (Å²) in [7, 11) is 0. The molecule has 2 fully saturated rings. The van der Waals surface area contributed by atoms with E-state index >= 15 is 0 Å². The number of nitrogens with one attached hydrogen (secondary N) is 1. The van der Waals surface area contributed by atoms with Gasteiger partial charge in [-0.3, -0.25) is 0 Å². The van der Waals surface area contributed by atoms with Crippen molar-refractivity contribution in [1.82, 2.24) is 9.97 Å². The minimum absolute atomic E-state index is 0.172. The summed E-state index contributed by atoms with van der Waals surface area (Å²) in [6, 6.07) is 1.95. The van der Waals surface area contributed by atoms with Crippen LogP contribution in [0.25, 0.3) is 0 Å². The predicted molar refractivity (Wildman–Crippen MR) is 76.5 cm³/mol. The number of aliphatic hydroxyl groups excluding tert-OH is 1. The first kappa shape index (κ1) is 13.8. The van der Waals surface area contributed by atoms with E-state index in [9.17, 15) is 10.2 Å². The number of nitrogens with zero attached hydrogens (tertiary/aromatic N) is 2. The summed E-state index contributed by atoms with van der Waals surface area (Å²) in [6.45, 7) is 0.552. The molecule has 0 spiro atoms. The van der Waals surface area contributed by atoms with Crippen molar-refractivity contribution in [3.8, 4) is 0 Å². The number of hydrogen-bond acceptors (Lipinski definition) is 5. The van der Waals surface area contributed by atoms with Crippen molar-refractivity contribution in [2.45, 2.75) is 62.6 Å². The standard InChI is InChI=1S/C15H23N3O2/c19-12-6-11(7-12)13-8-14(18-10-17-13)16-9-15(20)4-2-1-3-5-15/h8,10-12,19-20H,1-7,9H2,(H,16,17,18). The molecule has 1 aromatic heterocycles. The van der Waals surface area contributed by atoms with Crippen molar-refractivity contribution in [3.05, 3.63) is 18.1 Å². The van der Waals surface area contributed by atoms with Gasteiger partial charge in [0.1, 0.15) is 12.1 Å². The Kier molecular flexibility index (Phi) is 3.89. The van der Waals surface area contributed by atoms with Gasteiger partial charge in [0.05, 0.1) is 11.7 Å². The lowest BCUT2D eigenvalue weighted by molar-refractivity contribution is 0.0166. The summed E-state index contributed by atoms with van der Waals surface area (Å²) >= 11 is 0. The van der Waals surface area contributed by atoms with Gasteiger partial charge in [-0.1, -0.05) is 19.3 Å². The molecule has 2 aliphatic carbocycles. The van der Waals surface area contributed by atoms with Gasteiger partial charge in [0.15, 0.2) is 0 Å². The van der Waals surface area contributed by atoms with E-state index in [4.69, 9.17) is 0 Å². The third kappa shape index (κ3) is 3.10. The van der Waals surface area contributed by atoms with Crippen LogP contribution in [-0.4, -0.2) is 38.4 Å². The van der Waals surface area contributed by atoms with Crippen molar-refractivity contribution in [1.29, 1.82) is 0 Å². The highest BCUT2D eigenvalue weighted by Gasteiger charge is 2.31. The van der Waals surface area contributed by atoms with E-state index < -0.39 is 5.60 Å². The van der Waals surface area contributed by atoms with Gasteiger partial charge in [-0.15, -0.1) is 0 Å². The normalized spacial score (nSPS) is 28.7. The molecule has 0 radical (unpaired) electrons. The number of aromatic nitrogens is 2. The average molecular weight is 277 g/mol. The second kappa shape index (κ2) is 5.66. The summed E-state index contributed by atoms with van der Waals surface area (Å²) < 4.78 is 0. The van der Waals surface area contributed by atoms with Crippen LogP contribution < -0.4 is 5.32 Å². The molecule has 0 aliphatic heterocycles. The van der Waals surface area contributed by atoms with Crippen LogP contribution in [0.2, 0.25) is 0 Å². The van der Waals surface area contributed by atoms with Crippen LogP contribution in [0.15, 0.2) is 12.4 Å². The third-order valence-corrected chi connectivity index (χ3v) is 4.60. The van der Waals surface area contributed by atoms with E-state index in [1.54, 1.807) is 6.33 Å². The van der Waals surface area contributed by atoms with Crippen molar-refractivity contribution >= 4 is 5.82 Å². The summed E-state index contributed by atoms with van der Waals surface area (Å²) in [5.74, 6) is 1.13. The van der Waals surface area contributed by atoms with Crippen LogP contribution in [0, 0.1) is 0 Å². The Hall–Kier alpha value is -1.20. The zero-order chi connectivity index (χ0) is 14.0. The number of hydrogen-bond donors (Lipinski definition) is 3. The van der Waals surface area contributed by atoms with Gasteiger partial charge in [-0.05, 0) is 25.7 Å². The topological polar surface area (TPSA) is 78.3 Å². The molecule has 1 aromatic rings. The van der Waals surface area contributed by atoms with Crippen LogP contribution in [0.3, 0.4) is 0 Å². The van der Waals surface area contributed by atoms with E-state index in [1.165, 1.54) is 6.42 Å². The Bertz CT molecular complexity index is 454. The maximum Gasteiger partial charge on any atom is 0.129 e. The SMILES string of the molecule is OC1CC(c2cc(NCC3(O)CCCCC3)ncn2)C1. The Morgan fingerprint density at radius 2 is 1.95 bits per heavy atom. The van der Waals surface area contributed by atoms with Gasteiger partial charge in [0.2, 0.25) is 0 Å². The first-order valence-corrected chi connectivity index (χ1v) is 7.61. The van der Waals surface area contributed by atoms with Crippen LogP contribution in [0.5, 0.6) is 0 Å². The molecular weight excluding hydrogens is 254 g/mol. The molecule has 3 N–H and O–H groups in total. The van der Waals surface area contributed by atoms with Crippen molar-refractivity contribution in [3.63, 3.8) is 0 Å². The monoisotopic (exact) mass is 277 g/mol. The molecule has 0 saturated heterocycles. The molecule has 0 aromatic carbocycles.